The van der Waals surface area contributed by atoms with E-state index >= 15 is 0 Å². The van der Waals surface area contributed by atoms with Gasteiger partial charge in [-0.2, -0.15) is 15.0 Å². The predicted molar refractivity (Wildman–Crippen MR) is 179 cm³/mol. The van der Waals surface area contributed by atoms with Crippen molar-refractivity contribution in [1.82, 2.24) is 15.0 Å². The quantitative estimate of drug-likeness (QED) is 0.0714. The number of nitrogens with one attached hydrogen (secondary N) is 3. The zero-order valence-electron chi connectivity index (χ0n) is 25.2. The maximum atomic E-state index is 12.8. The van der Waals surface area contributed by atoms with Crippen LogP contribution < -0.4 is 20.9 Å². The van der Waals surface area contributed by atoms with Crippen LogP contribution >= 0.6 is 0 Å². The van der Waals surface area contributed by atoms with Crippen LogP contribution in [0.4, 0.5) is 29.2 Å². The Kier molecular flexibility index (Phi) is 10.9. The van der Waals surface area contributed by atoms with Crippen LogP contribution in [0.15, 0.2) is 84.9 Å². The molecule has 4 aromatic rings. The van der Waals surface area contributed by atoms with Gasteiger partial charge in [0, 0.05) is 43.1 Å². The number of aromatic nitrogens is 3. The molecule has 0 radical (unpaired) electrons. The first kappa shape index (κ1) is 30.7. The third kappa shape index (κ3) is 9.12. The summed E-state index contributed by atoms with van der Waals surface area (Å²) in [4.78, 5) is 28.7. The molecule has 0 unspecified atom stereocenters. The maximum Gasteiger partial charge on any atom is 0.233 e. The number of carbonyl (C=O) groups excluding carboxylic acids is 1. The van der Waals surface area contributed by atoms with E-state index in [-0.39, 0.29) is 12.4 Å². The lowest BCUT2D eigenvalue weighted by atomic mass is 10.1. The number of aliphatic hydroxyl groups excluding tert-OH is 1. The van der Waals surface area contributed by atoms with Crippen LogP contribution in [0.1, 0.15) is 53.6 Å². The minimum atomic E-state index is -0.0803. The highest BCUT2D eigenvalue weighted by Crippen LogP contribution is 2.23. The molecule has 5 rings (SSSR count). The summed E-state index contributed by atoms with van der Waals surface area (Å²) >= 11 is 0. The van der Waals surface area contributed by atoms with Crippen LogP contribution in [0.5, 0.6) is 0 Å². The number of nitrogens with zero attached hydrogens (tertiary/aromatic N) is 4. The minimum Gasteiger partial charge on any atom is -0.395 e. The van der Waals surface area contributed by atoms with Crippen molar-refractivity contribution in [3.05, 3.63) is 102 Å². The number of benzene rings is 3. The van der Waals surface area contributed by atoms with E-state index in [1.54, 1.807) is 18.2 Å². The molecule has 0 aliphatic heterocycles. The third-order valence-corrected chi connectivity index (χ3v) is 7.71. The van der Waals surface area contributed by atoms with Crippen molar-refractivity contribution in [2.75, 3.05) is 47.6 Å². The summed E-state index contributed by atoms with van der Waals surface area (Å²) in [6.07, 6.45) is 9.99. The van der Waals surface area contributed by atoms with Crippen molar-refractivity contribution < 1.29 is 9.90 Å². The largest absolute Gasteiger partial charge is 0.395 e. The van der Waals surface area contributed by atoms with Crippen molar-refractivity contribution in [2.45, 2.75) is 44.6 Å². The van der Waals surface area contributed by atoms with Gasteiger partial charge >= 0.3 is 0 Å². The number of aryl methyl sites for hydroxylation is 1. The van der Waals surface area contributed by atoms with Gasteiger partial charge in [-0.3, -0.25) is 4.79 Å². The fourth-order valence-electron chi connectivity index (χ4n) is 5.20. The standard InChI is InChI=1S/C35H41N7O2/c1-42(24-25-43)31-20-13-27(14-21-31)15-22-32(44)28-16-18-30(19-17-28)38-35-40-33(36-23-7-10-26-8-3-2-4-9-26)39-34(41-35)37-29-11-5-6-12-29/h2-4,8-9,13-22,29,43H,5-7,10-12,23-25H2,1H3,(H3,36,37,38,39,40,41)/b22-15+. The van der Waals surface area contributed by atoms with Crippen LogP contribution in [-0.2, 0) is 6.42 Å². The van der Waals surface area contributed by atoms with Gasteiger partial charge < -0.3 is 26.0 Å². The van der Waals surface area contributed by atoms with E-state index < -0.39 is 0 Å². The zero-order valence-corrected chi connectivity index (χ0v) is 25.2. The second kappa shape index (κ2) is 15.6. The molecule has 9 heteroatoms. The molecular weight excluding hydrogens is 550 g/mol. The van der Waals surface area contributed by atoms with Crippen molar-refractivity contribution in [1.29, 1.82) is 0 Å². The summed E-state index contributed by atoms with van der Waals surface area (Å²) in [5.74, 6) is 1.45. The Morgan fingerprint density at radius 1 is 0.909 bits per heavy atom. The number of likely N-dealkylation sites (N-methyl/N-ethyl adjacent to an activating group) is 1. The molecular formula is C35H41N7O2. The van der Waals surface area contributed by atoms with Crippen LogP contribution in [0.2, 0.25) is 0 Å². The fourth-order valence-corrected chi connectivity index (χ4v) is 5.20. The summed E-state index contributed by atoms with van der Waals surface area (Å²) in [6, 6.07) is 26.0. The number of rotatable bonds is 15. The van der Waals surface area contributed by atoms with Gasteiger partial charge in [0.05, 0.1) is 6.61 Å². The summed E-state index contributed by atoms with van der Waals surface area (Å²) < 4.78 is 0. The number of ketones is 1. The average molecular weight is 592 g/mol. The summed E-state index contributed by atoms with van der Waals surface area (Å²) in [7, 11) is 1.93. The lowest BCUT2D eigenvalue weighted by Crippen LogP contribution is -2.20. The van der Waals surface area contributed by atoms with Crippen molar-refractivity contribution in [3.63, 3.8) is 0 Å². The maximum absolute atomic E-state index is 12.8. The lowest BCUT2D eigenvalue weighted by Gasteiger charge is -2.17. The molecule has 44 heavy (non-hydrogen) atoms. The van der Waals surface area contributed by atoms with E-state index in [2.05, 4.69) is 55.2 Å². The topological polar surface area (TPSA) is 115 Å². The Labute approximate surface area is 259 Å². The molecule has 1 aliphatic carbocycles. The van der Waals surface area contributed by atoms with Gasteiger partial charge in [0.2, 0.25) is 17.8 Å². The summed E-state index contributed by atoms with van der Waals surface area (Å²) in [5.41, 5.74) is 4.62. The molecule has 0 spiro atoms. The van der Waals surface area contributed by atoms with E-state index in [9.17, 15) is 4.79 Å². The van der Waals surface area contributed by atoms with Crippen LogP contribution in [0.3, 0.4) is 0 Å². The van der Waals surface area contributed by atoms with E-state index in [0.29, 0.717) is 36.0 Å². The molecule has 0 atom stereocenters. The molecule has 1 aliphatic rings. The Morgan fingerprint density at radius 3 is 2.34 bits per heavy atom. The van der Waals surface area contributed by atoms with Gasteiger partial charge in [-0.05, 0) is 79.3 Å². The molecule has 0 saturated heterocycles. The van der Waals surface area contributed by atoms with Gasteiger partial charge in [-0.1, -0.05) is 61.4 Å². The first-order valence-electron chi connectivity index (χ1n) is 15.4. The SMILES string of the molecule is CN(CCO)c1ccc(/C=C/C(=O)c2ccc(Nc3nc(NCCCc4ccccc4)nc(NC4CCCC4)n3)cc2)cc1. The fraction of sp³-hybridized carbons (Fsp3) is 0.314. The highest BCUT2D eigenvalue weighted by atomic mass is 16.3. The average Bonchev–Trinajstić information content (AvgIpc) is 3.56. The highest BCUT2D eigenvalue weighted by molar-refractivity contribution is 6.07. The number of anilines is 5. The van der Waals surface area contributed by atoms with Gasteiger partial charge in [-0.15, -0.1) is 0 Å². The van der Waals surface area contributed by atoms with E-state index in [0.717, 1.165) is 49.2 Å². The van der Waals surface area contributed by atoms with E-state index in [4.69, 9.17) is 5.11 Å². The second-order valence-corrected chi connectivity index (χ2v) is 11.1. The molecule has 0 bridgehead atoms. The van der Waals surface area contributed by atoms with E-state index in [1.165, 1.54) is 18.4 Å². The Hall–Kier alpha value is -4.76. The molecule has 228 valence electrons. The molecule has 1 fully saturated rings. The third-order valence-electron chi connectivity index (χ3n) is 7.71. The van der Waals surface area contributed by atoms with Gasteiger partial charge in [0.15, 0.2) is 5.78 Å². The van der Waals surface area contributed by atoms with E-state index in [1.807, 2.05) is 60.5 Å². The molecule has 1 aromatic heterocycles. The van der Waals surface area contributed by atoms with Crippen LogP contribution in [-0.4, -0.2) is 58.6 Å². The Balaban J connectivity index is 1.20. The molecule has 4 N–H and O–H groups in total. The lowest BCUT2D eigenvalue weighted by molar-refractivity contribution is 0.104. The smallest absolute Gasteiger partial charge is 0.233 e. The molecule has 0 amide bonds. The van der Waals surface area contributed by atoms with Crippen molar-refractivity contribution in [2.24, 2.45) is 0 Å². The Bertz CT molecular complexity index is 1500. The van der Waals surface area contributed by atoms with Crippen molar-refractivity contribution in [3.8, 4) is 0 Å². The predicted octanol–water partition coefficient (Wildman–Crippen LogP) is 6.34. The second-order valence-electron chi connectivity index (χ2n) is 11.1. The summed E-state index contributed by atoms with van der Waals surface area (Å²) in [5, 5.41) is 19.3. The number of aliphatic hydroxyl groups is 1. The number of hydrogen-bond acceptors (Lipinski definition) is 9. The van der Waals surface area contributed by atoms with Crippen molar-refractivity contribution >= 4 is 41.1 Å². The first-order valence-corrected chi connectivity index (χ1v) is 15.4. The summed E-state index contributed by atoms with van der Waals surface area (Å²) in [6.45, 7) is 1.41. The zero-order chi connectivity index (χ0) is 30.6. The molecule has 1 heterocycles. The first-order chi connectivity index (χ1) is 21.6. The van der Waals surface area contributed by atoms with Crippen LogP contribution in [0.25, 0.3) is 6.08 Å². The molecule has 1 saturated carbocycles. The van der Waals surface area contributed by atoms with Gasteiger partial charge in [0.1, 0.15) is 0 Å². The van der Waals surface area contributed by atoms with Gasteiger partial charge in [-0.25, -0.2) is 0 Å². The highest BCUT2D eigenvalue weighted by Gasteiger charge is 2.17. The molecule has 3 aromatic carbocycles. The number of hydrogen-bond donors (Lipinski definition) is 4. The number of allylic oxidation sites excluding steroid dienone is 1. The van der Waals surface area contributed by atoms with Crippen LogP contribution in [0, 0.1) is 0 Å². The Morgan fingerprint density at radius 2 is 1.61 bits per heavy atom. The van der Waals surface area contributed by atoms with Gasteiger partial charge in [0.25, 0.3) is 0 Å². The number of carbonyl (C=O) groups is 1. The minimum absolute atomic E-state index is 0.0803. The monoisotopic (exact) mass is 591 g/mol. The molecule has 9 nitrogen and oxygen atoms in total. The normalized spacial score (nSPS) is 13.2.